The summed E-state index contributed by atoms with van der Waals surface area (Å²) in [5.41, 5.74) is 5.69. The van der Waals surface area contributed by atoms with Crippen molar-refractivity contribution in [2.24, 2.45) is 0 Å². The average molecular weight is 359 g/mol. The van der Waals surface area contributed by atoms with Crippen molar-refractivity contribution in [2.75, 3.05) is 0 Å². The maximum absolute atomic E-state index is 9.67. The van der Waals surface area contributed by atoms with Crippen molar-refractivity contribution >= 4 is 0 Å². The van der Waals surface area contributed by atoms with Gasteiger partial charge in [0.2, 0.25) is 0 Å². The van der Waals surface area contributed by atoms with Crippen molar-refractivity contribution in [3.8, 4) is 18.2 Å². The molecule has 1 aliphatic rings. The Balaban J connectivity index is 1.86. The van der Waals surface area contributed by atoms with Crippen LogP contribution in [0, 0.1) is 34.0 Å². The first-order chi connectivity index (χ1) is 13.8. The zero-order chi connectivity index (χ0) is 19.5. The number of fused-ring (bicyclic) bond motifs is 1. The summed E-state index contributed by atoms with van der Waals surface area (Å²) in [5, 5.41) is 28.4. The van der Waals surface area contributed by atoms with E-state index in [4.69, 9.17) is 0 Å². The molecular formula is C25H17N3. The molecule has 0 radical (unpaired) electrons. The van der Waals surface area contributed by atoms with Gasteiger partial charge in [-0.2, -0.15) is 15.8 Å². The third-order valence-corrected chi connectivity index (χ3v) is 5.62. The molecule has 0 spiro atoms. The van der Waals surface area contributed by atoms with Gasteiger partial charge in [-0.25, -0.2) is 0 Å². The lowest BCUT2D eigenvalue weighted by Gasteiger charge is -2.33. The van der Waals surface area contributed by atoms with E-state index in [1.54, 1.807) is 12.1 Å². The van der Waals surface area contributed by atoms with Crippen molar-refractivity contribution in [1.29, 1.82) is 15.8 Å². The third-order valence-electron chi connectivity index (χ3n) is 5.62. The molecule has 2 atom stereocenters. The van der Waals surface area contributed by atoms with Gasteiger partial charge >= 0.3 is 0 Å². The second-order valence-corrected chi connectivity index (χ2v) is 7.04. The minimum atomic E-state index is 0.0469. The summed E-state index contributed by atoms with van der Waals surface area (Å²) < 4.78 is 0. The van der Waals surface area contributed by atoms with E-state index in [0.29, 0.717) is 17.0 Å². The van der Waals surface area contributed by atoms with Gasteiger partial charge < -0.3 is 0 Å². The molecule has 3 heteroatoms. The minimum absolute atomic E-state index is 0.0469. The second-order valence-electron chi connectivity index (χ2n) is 7.04. The molecule has 0 unspecified atom stereocenters. The first kappa shape index (κ1) is 17.5. The summed E-state index contributed by atoms with van der Waals surface area (Å²) >= 11 is 0. The van der Waals surface area contributed by atoms with Crippen LogP contribution in [-0.2, 0) is 0 Å². The van der Waals surface area contributed by atoms with Crippen molar-refractivity contribution in [1.82, 2.24) is 0 Å². The molecule has 0 heterocycles. The van der Waals surface area contributed by atoms with Gasteiger partial charge in [0.15, 0.2) is 0 Å². The van der Waals surface area contributed by atoms with Crippen LogP contribution in [0.1, 0.15) is 63.6 Å². The lowest BCUT2D eigenvalue weighted by Crippen LogP contribution is -2.17. The Morgan fingerprint density at radius 2 is 1.11 bits per heavy atom. The highest BCUT2D eigenvalue weighted by molar-refractivity contribution is 5.57. The van der Waals surface area contributed by atoms with Crippen molar-refractivity contribution in [2.45, 2.75) is 24.7 Å². The van der Waals surface area contributed by atoms with Crippen LogP contribution in [0.25, 0.3) is 0 Å². The molecule has 3 aromatic rings. The summed E-state index contributed by atoms with van der Waals surface area (Å²) in [7, 11) is 0. The SMILES string of the molecule is N#Cc1cc(C#N)c([C@@H]2CC[C@H](c3ccccc3)c3ccccc32)cc1C#N. The molecule has 0 aliphatic heterocycles. The molecule has 0 saturated heterocycles. The van der Waals surface area contributed by atoms with Crippen LogP contribution in [0.4, 0.5) is 0 Å². The van der Waals surface area contributed by atoms with Crippen LogP contribution in [0.2, 0.25) is 0 Å². The topological polar surface area (TPSA) is 71.4 Å². The van der Waals surface area contributed by atoms with Gasteiger partial charge in [-0.05, 0) is 47.2 Å². The molecule has 3 aromatic carbocycles. The Hall–Kier alpha value is -3.87. The van der Waals surface area contributed by atoms with E-state index in [0.717, 1.165) is 18.4 Å². The van der Waals surface area contributed by atoms with Crippen molar-refractivity contribution in [3.05, 3.63) is 106 Å². The van der Waals surface area contributed by atoms with E-state index in [1.807, 2.05) is 18.2 Å². The molecule has 0 aromatic heterocycles. The van der Waals surface area contributed by atoms with E-state index >= 15 is 0 Å². The van der Waals surface area contributed by atoms with E-state index in [1.165, 1.54) is 16.7 Å². The van der Waals surface area contributed by atoms with Crippen LogP contribution >= 0.6 is 0 Å². The van der Waals surface area contributed by atoms with Gasteiger partial charge in [-0.15, -0.1) is 0 Å². The largest absolute Gasteiger partial charge is 0.192 e. The number of hydrogen-bond acceptors (Lipinski definition) is 3. The second kappa shape index (κ2) is 7.40. The lowest BCUT2D eigenvalue weighted by molar-refractivity contribution is 0.564. The van der Waals surface area contributed by atoms with Gasteiger partial charge in [-0.3, -0.25) is 0 Å². The van der Waals surface area contributed by atoms with Crippen LogP contribution < -0.4 is 0 Å². The lowest BCUT2D eigenvalue weighted by atomic mass is 9.71. The zero-order valence-electron chi connectivity index (χ0n) is 15.3. The Morgan fingerprint density at radius 3 is 1.75 bits per heavy atom. The normalized spacial score (nSPS) is 17.6. The van der Waals surface area contributed by atoms with Crippen LogP contribution in [0.5, 0.6) is 0 Å². The Kier molecular flexibility index (Phi) is 4.63. The molecule has 0 bridgehead atoms. The highest BCUT2D eigenvalue weighted by Crippen LogP contribution is 2.45. The monoisotopic (exact) mass is 359 g/mol. The first-order valence-electron chi connectivity index (χ1n) is 9.28. The number of rotatable bonds is 2. The quantitative estimate of drug-likeness (QED) is 0.618. The predicted octanol–water partition coefficient (Wildman–Crippen LogP) is 5.36. The highest BCUT2D eigenvalue weighted by Gasteiger charge is 2.30. The molecule has 1 aliphatic carbocycles. The summed E-state index contributed by atoms with van der Waals surface area (Å²) in [6, 6.07) is 28.5. The summed E-state index contributed by atoms with van der Waals surface area (Å²) in [6.45, 7) is 0. The number of benzene rings is 3. The molecule has 4 rings (SSSR count). The van der Waals surface area contributed by atoms with Crippen LogP contribution in [0.3, 0.4) is 0 Å². The van der Waals surface area contributed by atoms with Crippen molar-refractivity contribution in [3.63, 3.8) is 0 Å². The maximum Gasteiger partial charge on any atom is 0.101 e. The minimum Gasteiger partial charge on any atom is -0.192 e. The summed E-state index contributed by atoms with van der Waals surface area (Å²) in [6.07, 6.45) is 1.86. The van der Waals surface area contributed by atoms with Gasteiger partial charge in [0.25, 0.3) is 0 Å². The predicted molar refractivity (Wildman–Crippen MR) is 106 cm³/mol. The Morgan fingerprint density at radius 1 is 0.571 bits per heavy atom. The fourth-order valence-electron chi connectivity index (χ4n) is 4.33. The van der Waals surface area contributed by atoms with Crippen LogP contribution in [0.15, 0.2) is 66.7 Å². The molecule has 132 valence electrons. The molecule has 0 saturated carbocycles. The number of hydrogen-bond donors (Lipinski definition) is 0. The maximum atomic E-state index is 9.67. The fraction of sp³-hybridized carbons (Fsp3) is 0.160. The highest BCUT2D eigenvalue weighted by atomic mass is 14.4. The smallest absolute Gasteiger partial charge is 0.101 e. The Bertz CT molecular complexity index is 1160. The van der Waals surface area contributed by atoms with Gasteiger partial charge in [0, 0.05) is 11.8 Å². The zero-order valence-corrected chi connectivity index (χ0v) is 15.3. The van der Waals surface area contributed by atoms with E-state index < -0.39 is 0 Å². The van der Waals surface area contributed by atoms with Crippen molar-refractivity contribution < 1.29 is 0 Å². The van der Waals surface area contributed by atoms with Crippen LogP contribution in [-0.4, -0.2) is 0 Å². The van der Waals surface area contributed by atoms with Gasteiger partial charge in [-0.1, -0.05) is 54.6 Å². The standard InChI is InChI=1S/C25H17N3/c26-14-18-12-20(16-28)25(13-19(18)15-27)24-11-10-21(17-6-2-1-3-7-17)22-8-4-5-9-23(22)24/h1-9,12-13,21,24H,10-11H2/t21-,24-/m1/s1. The molecule has 28 heavy (non-hydrogen) atoms. The number of nitriles is 3. The van der Waals surface area contributed by atoms with E-state index in [9.17, 15) is 15.8 Å². The molecular weight excluding hydrogens is 342 g/mol. The molecule has 3 nitrogen and oxygen atoms in total. The van der Waals surface area contributed by atoms with E-state index in [-0.39, 0.29) is 11.5 Å². The molecule has 0 fully saturated rings. The third kappa shape index (κ3) is 2.92. The summed E-state index contributed by atoms with van der Waals surface area (Å²) in [4.78, 5) is 0. The Labute approximate surface area is 164 Å². The van der Waals surface area contributed by atoms with Gasteiger partial charge in [0.1, 0.15) is 12.1 Å². The fourth-order valence-corrected chi connectivity index (χ4v) is 4.33. The number of nitrogens with zero attached hydrogens (tertiary/aromatic N) is 3. The van der Waals surface area contributed by atoms with E-state index in [2.05, 4.69) is 54.6 Å². The first-order valence-corrected chi connectivity index (χ1v) is 9.28. The summed E-state index contributed by atoms with van der Waals surface area (Å²) in [5.74, 6) is 0.374. The van der Waals surface area contributed by atoms with Gasteiger partial charge in [0.05, 0.1) is 22.8 Å². The molecule has 0 amide bonds. The molecule has 0 N–H and O–H groups in total. The average Bonchev–Trinajstić information content (AvgIpc) is 2.78.